The lowest BCUT2D eigenvalue weighted by molar-refractivity contribution is 0.243. The Morgan fingerprint density at radius 3 is 2.44 bits per heavy atom. The highest BCUT2D eigenvalue weighted by molar-refractivity contribution is 5.89. The van der Waals surface area contributed by atoms with E-state index in [0.717, 1.165) is 11.3 Å². The molecule has 0 aliphatic heterocycles. The van der Waals surface area contributed by atoms with Gasteiger partial charge in [0.25, 0.3) is 0 Å². The van der Waals surface area contributed by atoms with Gasteiger partial charge < -0.3 is 24.8 Å². The van der Waals surface area contributed by atoms with E-state index in [4.69, 9.17) is 4.74 Å². The zero-order valence-corrected chi connectivity index (χ0v) is 14.9. The molecule has 0 saturated heterocycles. The molecule has 0 fully saturated rings. The molecule has 0 saturated carbocycles. The Morgan fingerprint density at radius 2 is 1.88 bits per heavy atom. The van der Waals surface area contributed by atoms with Crippen molar-refractivity contribution in [2.75, 3.05) is 33.1 Å². The van der Waals surface area contributed by atoms with Crippen LogP contribution in [0.1, 0.15) is 11.6 Å². The number of benzene rings is 1. The molecule has 2 N–H and O–H groups in total. The number of likely N-dealkylation sites (N-methyl/N-ethyl adjacent to an activating group) is 1. The van der Waals surface area contributed by atoms with Crippen LogP contribution in [-0.4, -0.2) is 43.2 Å². The molecule has 1 aromatic heterocycles. The number of carbonyl (C=O) groups is 1. The second kappa shape index (κ2) is 8.34. The quantitative estimate of drug-likeness (QED) is 0.838. The minimum Gasteiger partial charge on any atom is -0.497 e. The third kappa shape index (κ3) is 5.09. The smallest absolute Gasteiger partial charge is 0.319 e. The second-order valence-electron chi connectivity index (χ2n) is 5.95. The molecule has 1 heterocycles. The van der Waals surface area contributed by atoms with Crippen LogP contribution in [0.4, 0.5) is 10.5 Å². The number of ether oxygens (including phenoxy) is 1. The van der Waals surface area contributed by atoms with Gasteiger partial charge in [-0.3, -0.25) is 4.79 Å². The summed E-state index contributed by atoms with van der Waals surface area (Å²) in [5, 5.41) is 5.59. The summed E-state index contributed by atoms with van der Waals surface area (Å²) in [5.74, 6) is 0.793. The molecular formula is C18H24N4O3. The number of aryl methyl sites for hydroxylation is 1. The van der Waals surface area contributed by atoms with Crippen molar-refractivity contribution in [3.05, 3.63) is 58.5 Å². The van der Waals surface area contributed by atoms with Crippen LogP contribution in [0.2, 0.25) is 0 Å². The van der Waals surface area contributed by atoms with Crippen LogP contribution in [0.15, 0.2) is 47.4 Å². The molecule has 7 nitrogen and oxygen atoms in total. The molecule has 2 amide bonds. The number of rotatable bonds is 6. The molecule has 134 valence electrons. The first-order valence-electron chi connectivity index (χ1n) is 7.92. The number of carbonyl (C=O) groups excluding carboxylic acids is 1. The number of amides is 2. The van der Waals surface area contributed by atoms with Crippen molar-refractivity contribution in [3.8, 4) is 5.75 Å². The van der Waals surface area contributed by atoms with Gasteiger partial charge in [0.05, 0.1) is 18.8 Å². The van der Waals surface area contributed by atoms with E-state index >= 15 is 0 Å². The van der Waals surface area contributed by atoms with Gasteiger partial charge in [-0.25, -0.2) is 4.79 Å². The van der Waals surface area contributed by atoms with Gasteiger partial charge in [0.2, 0.25) is 5.56 Å². The molecule has 1 aromatic carbocycles. The van der Waals surface area contributed by atoms with Crippen molar-refractivity contribution in [1.29, 1.82) is 0 Å². The van der Waals surface area contributed by atoms with E-state index in [9.17, 15) is 9.59 Å². The Balaban J connectivity index is 1.98. The summed E-state index contributed by atoms with van der Waals surface area (Å²) in [7, 11) is 7.18. The van der Waals surface area contributed by atoms with E-state index in [1.807, 2.05) is 43.3 Å². The number of aromatic nitrogens is 1. The number of methoxy groups -OCH3 is 1. The Bertz CT molecular complexity index is 769. The van der Waals surface area contributed by atoms with Crippen LogP contribution < -0.4 is 20.9 Å². The largest absolute Gasteiger partial charge is 0.497 e. The van der Waals surface area contributed by atoms with E-state index in [-0.39, 0.29) is 17.6 Å². The molecule has 25 heavy (non-hydrogen) atoms. The number of anilines is 1. The molecule has 0 aliphatic carbocycles. The lowest BCUT2D eigenvalue weighted by atomic mass is 10.1. The number of hydrogen-bond donors (Lipinski definition) is 2. The Kier molecular flexibility index (Phi) is 6.19. The predicted octanol–water partition coefficient (Wildman–Crippen LogP) is 1.82. The van der Waals surface area contributed by atoms with Crippen molar-refractivity contribution >= 4 is 11.7 Å². The molecule has 0 bridgehead atoms. The molecule has 1 atom stereocenters. The van der Waals surface area contributed by atoms with Crippen LogP contribution in [0.3, 0.4) is 0 Å². The maximum Gasteiger partial charge on any atom is 0.319 e. The Morgan fingerprint density at radius 1 is 1.20 bits per heavy atom. The Hall–Kier alpha value is -2.80. The van der Waals surface area contributed by atoms with Crippen LogP contribution in [-0.2, 0) is 7.05 Å². The molecule has 2 aromatic rings. The summed E-state index contributed by atoms with van der Waals surface area (Å²) in [6.45, 7) is 0.441. The first-order chi connectivity index (χ1) is 11.9. The van der Waals surface area contributed by atoms with Crippen molar-refractivity contribution in [2.24, 2.45) is 7.05 Å². The summed E-state index contributed by atoms with van der Waals surface area (Å²) >= 11 is 0. The SMILES string of the molecule is COc1ccc(C(CNC(=O)Nc2ccc(=O)n(C)c2)N(C)C)cc1. The van der Waals surface area contributed by atoms with Crippen molar-refractivity contribution in [2.45, 2.75) is 6.04 Å². The fourth-order valence-corrected chi connectivity index (χ4v) is 2.46. The molecule has 1 unspecified atom stereocenters. The van der Waals surface area contributed by atoms with Gasteiger partial charge in [0.1, 0.15) is 5.75 Å². The highest BCUT2D eigenvalue weighted by Gasteiger charge is 2.15. The van der Waals surface area contributed by atoms with Crippen LogP contribution in [0.25, 0.3) is 0 Å². The third-order valence-electron chi connectivity index (χ3n) is 3.92. The minimum atomic E-state index is -0.320. The maximum absolute atomic E-state index is 12.1. The fraction of sp³-hybridized carbons (Fsp3) is 0.333. The van der Waals surface area contributed by atoms with E-state index in [1.165, 1.54) is 10.6 Å². The molecule has 0 radical (unpaired) electrons. The number of hydrogen-bond acceptors (Lipinski definition) is 4. The lowest BCUT2D eigenvalue weighted by Crippen LogP contribution is -2.37. The van der Waals surface area contributed by atoms with Gasteiger partial charge in [-0.15, -0.1) is 0 Å². The molecule has 0 aliphatic rings. The van der Waals surface area contributed by atoms with E-state index in [0.29, 0.717) is 12.2 Å². The predicted molar refractivity (Wildman–Crippen MR) is 98.1 cm³/mol. The van der Waals surface area contributed by atoms with Crippen molar-refractivity contribution < 1.29 is 9.53 Å². The van der Waals surface area contributed by atoms with Crippen molar-refractivity contribution in [1.82, 2.24) is 14.8 Å². The van der Waals surface area contributed by atoms with Crippen LogP contribution >= 0.6 is 0 Å². The fourth-order valence-electron chi connectivity index (χ4n) is 2.46. The second-order valence-corrected chi connectivity index (χ2v) is 5.95. The summed E-state index contributed by atoms with van der Waals surface area (Å²) in [5.41, 5.74) is 1.51. The van der Waals surface area contributed by atoms with Crippen molar-refractivity contribution in [3.63, 3.8) is 0 Å². The summed E-state index contributed by atoms with van der Waals surface area (Å²) in [4.78, 5) is 25.5. The van der Waals surface area contributed by atoms with Gasteiger partial charge in [-0.1, -0.05) is 12.1 Å². The lowest BCUT2D eigenvalue weighted by Gasteiger charge is -2.25. The van der Waals surface area contributed by atoms with Gasteiger partial charge in [0.15, 0.2) is 0 Å². The maximum atomic E-state index is 12.1. The standard InChI is InChI=1S/C18H24N4O3/c1-21(2)16(13-5-8-15(25-4)9-6-13)11-19-18(24)20-14-7-10-17(23)22(3)12-14/h5-10,12,16H,11H2,1-4H3,(H2,19,20,24). The van der Waals surface area contributed by atoms with Gasteiger partial charge in [0, 0.05) is 25.9 Å². The highest BCUT2D eigenvalue weighted by atomic mass is 16.5. The highest BCUT2D eigenvalue weighted by Crippen LogP contribution is 2.20. The Labute approximate surface area is 147 Å². The monoisotopic (exact) mass is 344 g/mol. The van der Waals surface area contributed by atoms with E-state index < -0.39 is 0 Å². The zero-order chi connectivity index (χ0) is 18.4. The van der Waals surface area contributed by atoms with E-state index in [2.05, 4.69) is 10.6 Å². The van der Waals surface area contributed by atoms with E-state index in [1.54, 1.807) is 26.4 Å². The average Bonchev–Trinajstić information content (AvgIpc) is 2.58. The van der Waals surface area contributed by atoms with Gasteiger partial charge in [-0.2, -0.15) is 0 Å². The van der Waals surface area contributed by atoms with Gasteiger partial charge in [-0.05, 0) is 37.9 Å². The molecular weight excluding hydrogens is 320 g/mol. The number of nitrogens with zero attached hydrogens (tertiary/aromatic N) is 2. The first-order valence-corrected chi connectivity index (χ1v) is 7.92. The number of pyridine rings is 1. The third-order valence-corrected chi connectivity index (χ3v) is 3.92. The first kappa shape index (κ1) is 18.5. The van der Waals surface area contributed by atoms with Crippen LogP contribution in [0, 0.1) is 0 Å². The number of nitrogens with one attached hydrogen (secondary N) is 2. The molecule has 2 rings (SSSR count). The van der Waals surface area contributed by atoms with Crippen LogP contribution in [0.5, 0.6) is 5.75 Å². The molecule has 0 spiro atoms. The number of urea groups is 1. The topological polar surface area (TPSA) is 75.6 Å². The normalized spacial score (nSPS) is 11.9. The minimum absolute atomic E-state index is 0.0248. The van der Waals surface area contributed by atoms with Gasteiger partial charge >= 0.3 is 6.03 Å². The molecule has 7 heteroatoms. The summed E-state index contributed by atoms with van der Waals surface area (Å²) in [6.07, 6.45) is 1.58. The summed E-state index contributed by atoms with van der Waals surface area (Å²) < 4.78 is 6.59. The average molecular weight is 344 g/mol. The zero-order valence-electron chi connectivity index (χ0n) is 14.9. The summed E-state index contributed by atoms with van der Waals surface area (Å²) in [6, 6.07) is 10.5.